The molecule has 0 saturated heterocycles. The minimum Gasteiger partial charge on any atom is -0.469 e. The average molecular weight is 237 g/mol. The number of hydrogen-bond donors (Lipinski definition) is 3. The lowest BCUT2D eigenvalue weighted by Crippen LogP contribution is -2.29. The van der Waals surface area contributed by atoms with E-state index in [0.29, 0.717) is 12.3 Å². The van der Waals surface area contributed by atoms with Crippen LogP contribution in [0.4, 0.5) is 0 Å². The Kier molecular flexibility index (Phi) is 3.68. The zero-order chi connectivity index (χ0) is 12.1. The summed E-state index contributed by atoms with van der Waals surface area (Å²) in [6.45, 7) is 1.81. The van der Waals surface area contributed by atoms with Crippen LogP contribution in [0.2, 0.25) is 0 Å². The fourth-order valence-corrected chi connectivity index (χ4v) is 2.03. The second kappa shape index (κ2) is 5.23. The molecule has 4 N–H and O–H groups in total. The smallest absolute Gasteiger partial charge is 0.139 e. The third-order valence-electron chi connectivity index (χ3n) is 3.27. The Morgan fingerprint density at radius 3 is 3.00 bits per heavy atom. The maximum absolute atomic E-state index is 8.55. The summed E-state index contributed by atoms with van der Waals surface area (Å²) in [5.74, 6) is 1.33. The summed E-state index contributed by atoms with van der Waals surface area (Å²) in [4.78, 5) is 0. The molecule has 2 rings (SSSR count). The monoisotopic (exact) mass is 237 g/mol. The maximum atomic E-state index is 8.55. The molecule has 0 bridgehead atoms. The van der Waals surface area contributed by atoms with Crippen LogP contribution in [-0.2, 0) is 6.42 Å². The molecular weight excluding hydrogens is 218 g/mol. The largest absolute Gasteiger partial charge is 0.469 e. The van der Waals surface area contributed by atoms with Crippen molar-refractivity contribution in [1.29, 1.82) is 0 Å². The van der Waals surface area contributed by atoms with Gasteiger partial charge in [-0.1, -0.05) is 5.16 Å². The van der Waals surface area contributed by atoms with Crippen molar-refractivity contribution in [3.8, 4) is 0 Å². The zero-order valence-corrected chi connectivity index (χ0v) is 9.85. The van der Waals surface area contributed by atoms with Crippen LogP contribution in [0, 0.1) is 5.41 Å². The van der Waals surface area contributed by atoms with E-state index in [0.717, 1.165) is 38.1 Å². The van der Waals surface area contributed by atoms with Gasteiger partial charge >= 0.3 is 0 Å². The Labute approximate surface area is 101 Å². The Morgan fingerprint density at radius 2 is 2.41 bits per heavy atom. The molecule has 1 heterocycles. The van der Waals surface area contributed by atoms with E-state index >= 15 is 0 Å². The second-order valence-corrected chi connectivity index (χ2v) is 4.77. The fraction of sp³-hybridized carbons (Fsp3) is 0.583. The molecule has 5 heteroatoms. The van der Waals surface area contributed by atoms with E-state index in [9.17, 15) is 0 Å². The molecule has 0 amide bonds. The molecule has 0 aliphatic heterocycles. The summed E-state index contributed by atoms with van der Waals surface area (Å²) < 4.78 is 5.25. The molecule has 1 fully saturated rings. The van der Waals surface area contributed by atoms with Crippen molar-refractivity contribution in [2.24, 2.45) is 16.3 Å². The third-order valence-corrected chi connectivity index (χ3v) is 3.27. The molecule has 1 saturated carbocycles. The van der Waals surface area contributed by atoms with Gasteiger partial charge in [0.2, 0.25) is 0 Å². The lowest BCUT2D eigenvalue weighted by Gasteiger charge is -2.14. The molecule has 0 radical (unpaired) electrons. The molecular formula is C12H19N3O2. The lowest BCUT2D eigenvalue weighted by molar-refractivity contribution is 0.314. The van der Waals surface area contributed by atoms with E-state index < -0.39 is 0 Å². The van der Waals surface area contributed by atoms with Gasteiger partial charge in [0.1, 0.15) is 11.6 Å². The van der Waals surface area contributed by atoms with Crippen molar-refractivity contribution < 1.29 is 9.62 Å². The highest BCUT2D eigenvalue weighted by Gasteiger charge is 2.42. The van der Waals surface area contributed by atoms with Crippen LogP contribution in [0.15, 0.2) is 28.0 Å². The number of hydrogen-bond acceptors (Lipinski definition) is 4. The van der Waals surface area contributed by atoms with Gasteiger partial charge in [0.05, 0.1) is 6.26 Å². The summed E-state index contributed by atoms with van der Waals surface area (Å²) in [5.41, 5.74) is 5.76. The molecule has 0 atom stereocenters. The number of rotatable bonds is 7. The lowest BCUT2D eigenvalue weighted by atomic mass is 10.0. The van der Waals surface area contributed by atoms with Crippen LogP contribution in [0.3, 0.4) is 0 Å². The van der Waals surface area contributed by atoms with Gasteiger partial charge in [-0.15, -0.1) is 0 Å². The molecule has 1 aromatic heterocycles. The van der Waals surface area contributed by atoms with E-state index in [-0.39, 0.29) is 5.41 Å². The average Bonchev–Trinajstić information content (AvgIpc) is 2.89. The highest BCUT2D eigenvalue weighted by molar-refractivity contribution is 5.80. The van der Waals surface area contributed by atoms with Crippen LogP contribution in [-0.4, -0.2) is 24.1 Å². The minimum atomic E-state index is 0.222. The van der Waals surface area contributed by atoms with E-state index in [1.165, 1.54) is 0 Å². The summed E-state index contributed by atoms with van der Waals surface area (Å²) in [6, 6.07) is 3.88. The van der Waals surface area contributed by atoms with E-state index in [1.54, 1.807) is 6.26 Å². The van der Waals surface area contributed by atoms with Crippen molar-refractivity contribution in [3.05, 3.63) is 24.2 Å². The van der Waals surface area contributed by atoms with Crippen LogP contribution in [0.1, 0.15) is 25.0 Å². The number of nitrogens with zero attached hydrogens (tertiary/aromatic N) is 1. The van der Waals surface area contributed by atoms with E-state index in [4.69, 9.17) is 15.4 Å². The third kappa shape index (κ3) is 3.49. The van der Waals surface area contributed by atoms with Gasteiger partial charge in [0.15, 0.2) is 0 Å². The molecule has 1 aliphatic rings. The quantitative estimate of drug-likeness (QED) is 0.220. The van der Waals surface area contributed by atoms with Gasteiger partial charge in [-0.3, -0.25) is 0 Å². The summed E-state index contributed by atoms with van der Waals surface area (Å²) >= 11 is 0. The number of nitrogens with two attached hydrogens (primary N) is 1. The first kappa shape index (κ1) is 12.0. The van der Waals surface area contributed by atoms with Crippen LogP contribution >= 0.6 is 0 Å². The second-order valence-electron chi connectivity index (χ2n) is 4.77. The molecule has 0 aromatic carbocycles. The Bertz CT molecular complexity index is 369. The molecule has 17 heavy (non-hydrogen) atoms. The Balaban J connectivity index is 1.65. The van der Waals surface area contributed by atoms with Crippen LogP contribution < -0.4 is 11.1 Å². The topological polar surface area (TPSA) is 83.8 Å². The van der Waals surface area contributed by atoms with Crippen LogP contribution in [0.5, 0.6) is 0 Å². The predicted octanol–water partition coefficient (Wildman–Crippen LogP) is 1.33. The van der Waals surface area contributed by atoms with E-state index in [1.807, 2.05) is 12.1 Å². The van der Waals surface area contributed by atoms with Gasteiger partial charge in [-0.2, -0.15) is 0 Å². The standard InChI is InChI=1S/C12H19N3O2/c13-11(15-16)8-12(4-5-12)9-14-6-3-10-2-1-7-17-10/h1-2,7,14,16H,3-6,8-9H2,(H2,13,15). The molecule has 5 nitrogen and oxygen atoms in total. The first-order valence-electron chi connectivity index (χ1n) is 5.94. The van der Waals surface area contributed by atoms with Gasteiger partial charge in [0.25, 0.3) is 0 Å². The molecule has 1 aliphatic carbocycles. The first-order valence-corrected chi connectivity index (χ1v) is 5.94. The Hall–Kier alpha value is -1.49. The van der Waals surface area contributed by atoms with Crippen molar-refractivity contribution in [2.75, 3.05) is 13.1 Å². The SMILES string of the molecule is NC(CC1(CNCCc2ccco2)CC1)=NO. The molecule has 94 valence electrons. The zero-order valence-electron chi connectivity index (χ0n) is 9.85. The summed E-state index contributed by atoms with van der Waals surface area (Å²) in [5, 5.41) is 15.0. The minimum absolute atomic E-state index is 0.222. The van der Waals surface area contributed by atoms with Crippen LogP contribution in [0.25, 0.3) is 0 Å². The van der Waals surface area contributed by atoms with Crippen molar-refractivity contribution >= 4 is 5.84 Å². The summed E-state index contributed by atoms with van der Waals surface area (Å²) in [7, 11) is 0. The van der Waals surface area contributed by atoms with Gasteiger partial charge in [-0.05, 0) is 30.4 Å². The Morgan fingerprint density at radius 1 is 1.59 bits per heavy atom. The molecule has 1 aromatic rings. The van der Waals surface area contributed by atoms with Gasteiger partial charge in [-0.25, -0.2) is 0 Å². The normalized spacial score (nSPS) is 18.2. The van der Waals surface area contributed by atoms with Crippen molar-refractivity contribution in [1.82, 2.24) is 5.32 Å². The first-order chi connectivity index (χ1) is 8.24. The molecule has 0 spiro atoms. The summed E-state index contributed by atoms with van der Waals surface area (Å²) in [6.07, 6.45) is 5.56. The maximum Gasteiger partial charge on any atom is 0.139 e. The highest BCUT2D eigenvalue weighted by atomic mass is 16.4. The fourth-order valence-electron chi connectivity index (χ4n) is 2.03. The highest BCUT2D eigenvalue weighted by Crippen LogP contribution is 2.48. The van der Waals surface area contributed by atoms with E-state index in [2.05, 4.69) is 10.5 Å². The number of oxime groups is 1. The number of nitrogens with one attached hydrogen (secondary N) is 1. The van der Waals surface area contributed by atoms with Crippen molar-refractivity contribution in [3.63, 3.8) is 0 Å². The van der Waals surface area contributed by atoms with Gasteiger partial charge < -0.3 is 20.7 Å². The predicted molar refractivity (Wildman–Crippen MR) is 65.0 cm³/mol. The van der Waals surface area contributed by atoms with Gasteiger partial charge in [0, 0.05) is 25.9 Å². The molecule has 0 unspecified atom stereocenters. The van der Waals surface area contributed by atoms with Crippen molar-refractivity contribution in [2.45, 2.75) is 25.7 Å². The number of amidine groups is 1. The number of furan rings is 1.